The third kappa shape index (κ3) is 2.17. The van der Waals surface area contributed by atoms with Gasteiger partial charge in [0, 0.05) is 5.56 Å². The molecular weight excluding hydrogens is 296 g/mol. The number of carboxylic acid groups (broad SMARTS) is 1. The van der Waals surface area contributed by atoms with E-state index in [0.717, 1.165) is 5.57 Å². The van der Waals surface area contributed by atoms with Crippen molar-refractivity contribution in [3.63, 3.8) is 0 Å². The molecule has 0 saturated carbocycles. The van der Waals surface area contributed by atoms with E-state index < -0.39 is 5.97 Å². The van der Waals surface area contributed by atoms with E-state index in [9.17, 15) is 9.59 Å². The molecule has 4 rings (SSSR count). The Bertz CT molecular complexity index is 1010. The number of furan rings is 1. The van der Waals surface area contributed by atoms with Crippen LogP contribution in [0.4, 0.5) is 0 Å². The van der Waals surface area contributed by atoms with Crippen LogP contribution < -0.4 is 5.43 Å². The minimum absolute atomic E-state index is 0.0779. The molecule has 5 heteroatoms. The van der Waals surface area contributed by atoms with Crippen molar-refractivity contribution >= 4 is 28.6 Å². The van der Waals surface area contributed by atoms with Crippen molar-refractivity contribution in [3.05, 3.63) is 69.5 Å². The SMILES string of the molecule is O=C(O)c1ccc2oc3c(c(=O)c2c1)CCC3=Cc1ccco1. The molecule has 1 N–H and O–H groups in total. The molecule has 5 nitrogen and oxygen atoms in total. The first-order valence-electron chi connectivity index (χ1n) is 7.21. The number of hydrogen-bond donors (Lipinski definition) is 1. The second-order valence-corrected chi connectivity index (χ2v) is 5.44. The van der Waals surface area contributed by atoms with Gasteiger partial charge in [-0.3, -0.25) is 4.79 Å². The largest absolute Gasteiger partial charge is 0.478 e. The average Bonchev–Trinajstić information content (AvgIpc) is 3.18. The molecule has 0 spiro atoms. The summed E-state index contributed by atoms with van der Waals surface area (Å²) < 4.78 is 11.2. The van der Waals surface area contributed by atoms with E-state index in [4.69, 9.17) is 13.9 Å². The number of hydrogen-bond acceptors (Lipinski definition) is 4. The number of rotatable bonds is 2. The first kappa shape index (κ1) is 13.6. The molecule has 114 valence electrons. The van der Waals surface area contributed by atoms with Gasteiger partial charge >= 0.3 is 5.97 Å². The molecule has 3 aromatic rings. The maximum absolute atomic E-state index is 12.6. The van der Waals surface area contributed by atoms with Crippen molar-refractivity contribution in [2.45, 2.75) is 12.8 Å². The Labute approximate surface area is 130 Å². The molecule has 2 aromatic heterocycles. The molecule has 0 amide bonds. The number of carbonyl (C=O) groups is 1. The normalized spacial score (nSPS) is 15.2. The van der Waals surface area contributed by atoms with Gasteiger partial charge < -0.3 is 13.9 Å². The summed E-state index contributed by atoms with van der Waals surface area (Å²) in [6.07, 6.45) is 4.73. The number of carboxylic acids is 1. The van der Waals surface area contributed by atoms with Crippen LogP contribution in [0.3, 0.4) is 0 Å². The second kappa shape index (κ2) is 4.98. The maximum atomic E-state index is 12.6. The molecule has 0 fully saturated rings. The topological polar surface area (TPSA) is 80.6 Å². The van der Waals surface area contributed by atoms with Crippen LogP contribution in [0.15, 0.2) is 50.2 Å². The van der Waals surface area contributed by atoms with E-state index in [-0.39, 0.29) is 11.0 Å². The summed E-state index contributed by atoms with van der Waals surface area (Å²) in [6.45, 7) is 0. The van der Waals surface area contributed by atoms with Crippen molar-refractivity contribution in [1.29, 1.82) is 0 Å². The number of allylic oxidation sites excluding steroid dienone is 1. The fourth-order valence-corrected chi connectivity index (χ4v) is 2.91. The number of fused-ring (bicyclic) bond motifs is 2. The van der Waals surface area contributed by atoms with Crippen LogP contribution in [0.5, 0.6) is 0 Å². The molecule has 0 unspecified atom stereocenters. The summed E-state index contributed by atoms with van der Waals surface area (Å²) >= 11 is 0. The minimum atomic E-state index is -1.06. The van der Waals surface area contributed by atoms with E-state index in [0.29, 0.717) is 40.9 Å². The Hall–Kier alpha value is -3.08. The molecule has 0 radical (unpaired) electrons. The van der Waals surface area contributed by atoms with Gasteiger partial charge in [-0.2, -0.15) is 0 Å². The van der Waals surface area contributed by atoms with Crippen molar-refractivity contribution in [2.24, 2.45) is 0 Å². The lowest BCUT2D eigenvalue weighted by Gasteiger charge is -2.04. The zero-order valence-electron chi connectivity index (χ0n) is 12.0. The van der Waals surface area contributed by atoms with Gasteiger partial charge in [-0.05, 0) is 54.8 Å². The second-order valence-electron chi connectivity index (χ2n) is 5.44. The average molecular weight is 308 g/mol. The highest BCUT2D eigenvalue weighted by Gasteiger charge is 2.24. The van der Waals surface area contributed by atoms with Gasteiger partial charge in [-0.15, -0.1) is 0 Å². The molecule has 2 heterocycles. The molecule has 1 aliphatic rings. The first-order chi connectivity index (χ1) is 11.1. The van der Waals surface area contributed by atoms with Crippen molar-refractivity contribution in [3.8, 4) is 0 Å². The Morgan fingerprint density at radius 1 is 1.22 bits per heavy atom. The molecule has 0 aliphatic heterocycles. The van der Waals surface area contributed by atoms with E-state index >= 15 is 0 Å². The van der Waals surface area contributed by atoms with Crippen molar-refractivity contribution in [1.82, 2.24) is 0 Å². The van der Waals surface area contributed by atoms with E-state index in [1.165, 1.54) is 18.2 Å². The fourth-order valence-electron chi connectivity index (χ4n) is 2.91. The summed E-state index contributed by atoms with van der Waals surface area (Å²) in [5, 5.41) is 9.37. The summed E-state index contributed by atoms with van der Waals surface area (Å²) in [4.78, 5) is 23.7. The summed E-state index contributed by atoms with van der Waals surface area (Å²) in [6, 6.07) is 7.97. The third-order valence-corrected chi connectivity index (χ3v) is 4.03. The lowest BCUT2D eigenvalue weighted by atomic mass is 10.1. The maximum Gasteiger partial charge on any atom is 0.335 e. The van der Waals surface area contributed by atoms with Crippen LogP contribution in [0, 0.1) is 0 Å². The van der Waals surface area contributed by atoms with Crippen LogP contribution in [0.1, 0.15) is 33.9 Å². The zero-order chi connectivity index (χ0) is 16.0. The van der Waals surface area contributed by atoms with Gasteiger partial charge in [0.05, 0.1) is 17.2 Å². The smallest absolute Gasteiger partial charge is 0.335 e. The lowest BCUT2D eigenvalue weighted by Crippen LogP contribution is -2.09. The van der Waals surface area contributed by atoms with E-state index in [1.807, 2.05) is 12.1 Å². The highest BCUT2D eigenvalue weighted by molar-refractivity contribution is 5.94. The highest BCUT2D eigenvalue weighted by Crippen LogP contribution is 2.34. The molecule has 1 aromatic carbocycles. The predicted molar refractivity (Wildman–Crippen MR) is 84.3 cm³/mol. The van der Waals surface area contributed by atoms with Gasteiger partial charge in [-0.1, -0.05) is 0 Å². The van der Waals surface area contributed by atoms with E-state index in [1.54, 1.807) is 12.3 Å². The molecule has 1 aliphatic carbocycles. The third-order valence-electron chi connectivity index (χ3n) is 4.03. The zero-order valence-corrected chi connectivity index (χ0v) is 12.0. The van der Waals surface area contributed by atoms with Gasteiger partial charge in [0.2, 0.25) is 0 Å². The van der Waals surface area contributed by atoms with Gasteiger partial charge in [0.1, 0.15) is 17.1 Å². The van der Waals surface area contributed by atoms with Crippen molar-refractivity contribution < 1.29 is 18.7 Å². The van der Waals surface area contributed by atoms with Crippen LogP contribution in [-0.4, -0.2) is 11.1 Å². The van der Waals surface area contributed by atoms with Crippen LogP contribution >= 0.6 is 0 Å². The van der Waals surface area contributed by atoms with Crippen molar-refractivity contribution in [2.75, 3.05) is 0 Å². The Morgan fingerprint density at radius 2 is 2.09 bits per heavy atom. The molecule has 23 heavy (non-hydrogen) atoms. The minimum Gasteiger partial charge on any atom is -0.478 e. The summed E-state index contributed by atoms with van der Waals surface area (Å²) in [5.74, 6) is 0.212. The molecule has 0 atom stereocenters. The Morgan fingerprint density at radius 3 is 2.83 bits per heavy atom. The number of benzene rings is 1. The van der Waals surface area contributed by atoms with Gasteiger partial charge in [0.15, 0.2) is 5.43 Å². The quantitative estimate of drug-likeness (QED) is 0.782. The summed E-state index contributed by atoms with van der Waals surface area (Å²) in [7, 11) is 0. The number of aromatic carboxylic acids is 1. The van der Waals surface area contributed by atoms with Gasteiger partial charge in [0.25, 0.3) is 0 Å². The lowest BCUT2D eigenvalue weighted by molar-refractivity contribution is 0.0697. The van der Waals surface area contributed by atoms with Crippen LogP contribution in [0.2, 0.25) is 0 Å². The predicted octanol–water partition coefficient (Wildman–Crippen LogP) is 3.57. The molecule has 0 bridgehead atoms. The van der Waals surface area contributed by atoms with Gasteiger partial charge in [-0.25, -0.2) is 4.79 Å². The standard InChI is InChI=1S/C18H12O5/c19-16-13-5-3-10(8-12-2-1-7-22-12)17(13)23-15-6-4-11(18(20)21)9-14(15)16/h1-2,4,6-9H,3,5H2,(H,20,21). The Balaban J connectivity index is 1.92. The summed E-state index contributed by atoms with van der Waals surface area (Å²) in [5.41, 5.74) is 1.82. The Kier molecular flexibility index (Phi) is 2.94. The fraction of sp³-hybridized carbons (Fsp3) is 0.111. The molecule has 0 saturated heterocycles. The first-order valence-corrected chi connectivity index (χ1v) is 7.21. The van der Waals surface area contributed by atoms with E-state index in [2.05, 4.69) is 0 Å². The van der Waals surface area contributed by atoms with Crippen LogP contribution in [-0.2, 0) is 6.42 Å². The highest BCUT2D eigenvalue weighted by atomic mass is 16.4. The monoisotopic (exact) mass is 308 g/mol. The van der Waals surface area contributed by atoms with Crippen LogP contribution in [0.25, 0.3) is 22.6 Å². The molecular formula is C18H12O5.